The van der Waals surface area contributed by atoms with Crippen LogP contribution in [0.2, 0.25) is 0 Å². The van der Waals surface area contributed by atoms with Gasteiger partial charge in [-0.05, 0) is 37.5 Å². The molecule has 1 saturated heterocycles. The number of fused-ring (bicyclic) bond motifs is 1. The van der Waals surface area contributed by atoms with Crippen molar-refractivity contribution < 1.29 is 22.9 Å². The Kier molecular flexibility index (Phi) is 6.11. The minimum absolute atomic E-state index is 0.00194. The number of carbonyl (C=O) groups is 1. The fourth-order valence-electron chi connectivity index (χ4n) is 4.08. The zero-order valence-electron chi connectivity index (χ0n) is 18.4. The summed E-state index contributed by atoms with van der Waals surface area (Å²) >= 11 is 0. The first-order valence-corrected chi connectivity index (χ1v) is 10.6. The predicted molar refractivity (Wildman–Crippen MR) is 115 cm³/mol. The van der Waals surface area contributed by atoms with Gasteiger partial charge in [0, 0.05) is 38.2 Å². The van der Waals surface area contributed by atoms with E-state index in [-0.39, 0.29) is 29.2 Å². The maximum atomic E-state index is 13.1. The molecule has 0 spiro atoms. The number of carbonyl (C=O) groups excluding carboxylic acids is 1. The summed E-state index contributed by atoms with van der Waals surface area (Å²) < 4.78 is 40.1. The van der Waals surface area contributed by atoms with Crippen LogP contribution in [0, 0.1) is 16.0 Å². The molecule has 34 heavy (non-hydrogen) atoms. The molecule has 1 amide bonds. The third kappa shape index (κ3) is 4.50. The number of nitro benzene ring substituents is 1. The third-order valence-electron chi connectivity index (χ3n) is 6.16. The van der Waals surface area contributed by atoms with Crippen molar-refractivity contribution in [2.75, 3.05) is 25.0 Å². The van der Waals surface area contributed by atoms with E-state index in [0.29, 0.717) is 41.8 Å². The monoisotopic (exact) mass is 477 g/mol. The molecule has 0 unspecified atom stereocenters. The Labute approximate surface area is 192 Å². The van der Waals surface area contributed by atoms with E-state index in [4.69, 9.17) is 0 Å². The molecule has 3 heterocycles. The van der Waals surface area contributed by atoms with Crippen LogP contribution in [-0.4, -0.2) is 55.7 Å². The van der Waals surface area contributed by atoms with Gasteiger partial charge in [-0.1, -0.05) is 12.1 Å². The second-order valence-electron chi connectivity index (χ2n) is 8.22. The maximum absolute atomic E-state index is 13.1. The molecular formula is C21H22F3N7O3. The molecule has 10 nitrogen and oxygen atoms in total. The van der Waals surface area contributed by atoms with Gasteiger partial charge in [0.25, 0.3) is 11.5 Å². The number of hydrogen-bond acceptors (Lipinski definition) is 7. The van der Waals surface area contributed by atoms with E-state index >= 15 is 0 Å². The number of aromatic nitrogens is 4. The molecule has 0 saturated carbocycles. The summed E-state index contributed by atoms with van der Waals surface area (Å²) in [6, 6.07) is 8.84. The molecule has 1 aliphatic rings. The molecule has 1 aromatic carbocycles. The molecule has 4 rings (SSSR count). The van der Waals surface area contributed by atoms with Crippen molar-refractivity contribution in [3.05, 3.63) is 57.9 Å². The lowest BCUT2D eigenvalue weighted by atomic mass is 9.94. The summed E-state index contributed by atoms with van der Waals surface area (Å²) in [5.74, 6) is -1.19. The Morgan fingerprint density at radius 2 is 1.91 bits per heavy atom. The molecule has 180 valence electrons. The number of piperidine rings is 1. The number of amides is 1. The molecule has 1 atom stereocenters. The van der Waals surface area contributed by atoms with Crippen LogP contribution >= 0.6 is 0 Å². The Morgan fingerprint density at radius 1 is 1.21 bits per heavy atom. The molecular weight excluding hydrogens is 455 g/mol. The normalized spacial score (nSPS) is 16.0. The van der Waals surface area contributed by atoms with Gasteiger partial charge in [-0.15, -0.1) is 15.3 Å². The van der Waals surface area contributed by atoms with Gasteiger partial charge in [-0.3, -0.25) is 14.9 Å². The van der Waals surface area contributed by atoms with E-state index in [2.05, 4.69) is 15.3 Å². The number of rotatable bonds is 5. The molecule has 1 aliphatic heterocycles. The second-order valence-corrected chi connectivity index (χ2v) is 8.22. The highest BCUT2D eigenvalue weighted by atomic mass is 19.4. The molecule has 0 aliphatic carbocycles. The van der Waals surface area contributed by atoms with E-state index < -0.39 is 16.9 Å². The molecule has 1 fully saturated rings. The lowest BCUT2D eigenvalue weighted by Crippen LogP contribution is -2.42. The second kappa shape index (κ2) is 8.88. The Hall–Kier alpha value is -3.77. The Bertz CT molecular complexity index is 1220. The summed E-state index contributed by atoms with van der Waals surface area (Å²) in [7, 11) is 1.67. The average Bonchev–Trinajstić information content (AvgIpc) is 3.27. The number of anilines is 1. The summed E-state index contributed by atoms with van der Waals surface area (Å²) in [6.07, 6.45) is -3.68. The number of alkyl halides is 3. The minimum Gasteiger partial charge on any atom is -0.355 e. The van der Waals surface area contributed by atoms with Crippen LogP contribution in [0.4, 0.5) is 24.7 Å². The number of nitro groups is 1. The average molecular weight is 477 g/mol. The fraction of sp³-hybridized carbons (Fsp3) is 0.429. The SMILES string of the molecule is C[C@@H](c1cccc([N+](=O)[O-])c1)N(C)C(=O)C1CCN(c2ccc3nnc(C(F)(F)F)n3n2)CC1. The highest BCUT2D eigenvalue weighted by Gasteiger charge is 2.38. The van der Waals surface area contributed by atoms with Crippen molar-refractivity contribution in [2.24, 2.45) is 5.92 Å². The van der Waals surface area contributed by atoms with Gasteiger partial charge in [-0.2, -0.15) is 17.7 Å². The summed E-state index contributed by atoms with van der Waals surface area (Å²) in [5.41, 5.74) is 0.622. The lowest BCUT2D eigenvalue weighted by Gasteiger charge is -2.35. The van der Waals surface area contributed by atoms with E-state index in [0.717, 1.165) is 0 Å². The fourth-order valence-corrected chi connectivity index (χ4v) is 4.08. The van der Waals surface area contributed by atoms with E-state index in [1.807, 2.05) is 11.8 Å². The largest absolute Gasteiger partial charge is 0.453 e. The van der Waals surface area contributed by atoms with Crippen molar-refractivity contribution in [1.29, 1.82) is 0 Å². The zero-order chi connectivity index (χ0) is 24.6. The van der Waals surface area contributed by atoms with E-state index in [1.165, 1.54) is 18.2 Å². The van der Waals surface area contributed by atoms with Crippen LogP contribution in [0.25, 0.3) is 5.65 Å². The van der Waals surface area contributed by atoms with Gasteiger partial charge in [0.05, 0.1) is 11.0 Å². The first kappa shape index (κ1) is 23.4. The first-order valence-electron chi connectivity index (χ1n) is 10.6. The minimum atomic E-state index is -4.68. The van der Waals surface area contributed by atoms with Gasteiger partial charge in [-0.25, -0.2) is 0 Å². The van der Waals surface area contributed by atoms with Crippen molar-refractivity contribution in [2.45, 2.75) is 32.0 Å². The van der Waals surface area contributed by atoms with Gasteiger partial charge >= 0.3 is 6.18 Å². The van der Waals surface area contributed by atoms with Gasteiger partial charge < -0.3 is 9.80 Å². The van der Waals surface area contributed by atoms with Gasteiger partial charge in [0.2, 0.25) is 5.91 Å². The lowest BCUT2D eigenvalue weighted by molar-refractivity contribution is -0.384. The van der Waals surface area contributed by atoms with Crippen LogP contribution in [0.1, 0.15) is 37.2 Å². The molecule has 0 bridgehead atoms. The zero-order valence-corrected chi connectivity index (χ0v) is 18.4. The van der Waals surface area contributed by atoms with Crippen LogP contribution in [0.5, 0.6) is 0 Å². The number of hydrogen-bond donors (Lipinski definition) is 0. The highest BCUT2D eigenvalue weighted by Crippen LogP contribution is 2.30. The van der Waals surface area contributed by atoms with Crippen molar-refractivity contribution in [3.8, 4) is 0 Å². The molecule has 3 aromatic rings. The number of benzene rings is 1. The molecule has 2 aromatic heterocycles. The maximum Gasteiger partial charge on any atom is 0.453 e. The van der Waals surface area contributed by atoms with Crippen molar-refractivity contribution in [1.82, 2.24) is 24.7 Å². The topological polar surface area (TPSA) is 110 Å². The van der Waals surface area contributed by atoms with Crippen LogP contribution in [-0.2, 0) is 11.0 Å². The summed E-state index contributed by atoms with van der Waals surface area (Å²) in [4.78, 5) is 27.1. The van der Waals surface area contributed by atoms with Crippen LogP contribution < -0.4 is 4.90 Å². The number of nitrogens with zero attached hydrogens (tertiary/aromatic N) is 7. The highest BCUT2D eigenvalue weighted by molar-refractivity contribution is 5.79. The Morgan fingerprint density at radius 3 is 2.56 bits per heavy atom. The first-order chi connectivity index (χ1) is 16.1. The Balaban J connectivity index is 1.43. The van der Waals surface area contributed by atoms with Gasteiger partial charge in [0.15, 0.2) is 5.65 Å². The standard InChI is InChI=1S/C21H22F3N7O3/c1-13(15-4-3-5-16(12-15)31(33)34)28(2)19(32)14-8-10-29(11-9-14)18-7-6-17-25-26-20(21(22,23)24)30(17)27-18/h3-7,12-14H,8-11H2,1-2H3/t13-/m0/s1. The van der Waals surface area contributed by atoms with Crippen molar-refractivity contribution >= 4 is 23.1 Å². The predicted octanol–water partition coefficient (Wildman–Crippen LogP) is 3.49. The number of halogens is 3. The smallest absolute Gasteiger partial charge is 0.355 e. The molecule has 0 radical (unpaired) electrons. The van der Waals surface area contributed by atoms with Gasteiger partial charge in [0.1, 0.15) is 5.82 Å². The third-order valence-corrected chi connectivity index (χ3v) is 6.16. The van der Waals surface area contributed by atoms with E-state index in [9.17, 15) is 28.1 Å². The van der Waals surface area contributed by atoms with Crippen molar-refractivity contribution in [3.63, 3.8) is 0 Å². The summed E-state index contributed by atoms with van der Waals surface area (Å²) in [5, 5.41) is 21.8. The summed E-state index contributed by atoms with van der Waals surface area (Å²) in [6.45, 7) is 2.69. The van der Waals surface area contributed by atoms with Crippen LogP contribution in [0.3, 0.4) is 0 Å². The van der Waals surface area contributed by atoms with Crippen LogP contribution in [0.15, 0.2) is 36.4 Å². The number of non-ortho nitro benzene ring substituents is 1. The quantitative estimate of drug-likeness (QED) is 0.409. The molecule has 13 heteroatoms. The van der Waals surface area contributed by atoms with E-state index in [1.54, 1.807) is 30.1 Å². The molecule has 0 N–H and O–H groups in total.